The lowest BCUT2D eigenvalue weighted by atomic mass is 10.1. The van der Waals surface area contributed by atoms with Crippen LogP contribution in [-0.2, 0) is 6.18 Å². The van der Waals surface area contributed by atoms with Crippen molar-refractivity contribution >= 4 is 6.29 Å². The summed E-state index contributed by atoms with van der Waals surface area (Å²) >= 11 is 0. The van der Waals surface area contributed by atoms with E-state index in [9.17, 15) is 18.0 Å². The number of hydrogen-bond acceptors (Lipinski definition) is 3. The normalized spacial score (nSPS) is 11.2. The molecular formula is C14H10F3NO2. The van der Waals surface area contributed by atoms with E-state index in [4.69, 9.17) is 4.74 Å². The molecule has 0 amide bonds. The Hall–Kier alpha value is -2.37. The lowest BCUT2D eigenvalue weighted by Crippen LogP contribution is -2.05. The maximum Gasteiger partial charge on any atom is 0.416 e. The van der Waals surface area contributed by atoms with E-state index >= 15 is 0 Å². The first kappa shape index (κ1) is 14.0. The molecule has 1 heterocycles. The molecule has 0 saturated heterocycles. The molecule has 2 aromatic rings. The number of aromatic nitrogens is 1. The molecule has 1 aromatic heterocycles. The molecule has 0 aliphatic carbocycles. The zero-order valence-electron chi connectivity index (χ0n) is 10.4. The number of carbonyl (C=O) groups excluding carboxylic acids is 1. The fraction of sp³-hybridized carbons (Fsp3) is 0.143. The van der Waals surface area contributed by atoms with Crippen LogP contribution in [-0.4, -0.2) is 18.4 Å². The van der Waals surface area contributed by atoms with E-state index in [2.05, 4.69) is 4.98 Å². The molecule has 0 fully saturated rings. The summed E-state index contributed by atoms with van der Waals surface area (Å²) in [5.74, 6) is 0.379. The van der Waals surface area contributed by atoms with Gasteiger partial charge in [0, 0.05) is 17.3 Å². The van der Waals surface area contributed by atoms with Gasteiger partial charge in [0.05, 0.1) is 18.4 Å². The van der Waals surface area contributed by atoms with E-state index in [0.29, 0.717) is 23.2 Å². The maximum absolute atomic E-state index is 12.7. The summed E-state index contributed by atoms with van der Waals surface area (Å²) in [5.41, 5.74) is 0.0240. The molecule has 0 N–H and O–H groups in total. The number of carbonyl (C=O) groups is 1. The predicted molar refractivity (Wildman–Crippen MR) is 66.6 cm³/mol. The Morgan fingerprint density at radius 3 is 2.55 bits per heavy atom. The van der Waals surface area contributed by atoms with E-state index in [0.717, 1.165) is 18.3 Å². The van der Waals surface area contributed by atoms with Gasteiger partial charge < -0.3 is 4.74 Å². The molecule has 0 atom stereocenters. The minimum absolute atomic E-state index is 0.127. The maximum atomic E-state index is 12.7. The van der Waals surface area contributed by atoms with Crippen molar-refractivity contribution < 1.29 is 22.7 Å². The van der Waals surface area contributed by atoms with Gasteiger partial charge in [0.25, 0.3) is 0 Å². The quantitative estimate of drug-likeness (QED) is 0.807. The molecule has 0 spiro atoms. The molecule has 1 aromatic carbocycles. The monoisotopic (exact) mass is 281 g/mol. The lowest BCUT2D eigenvalue weighted by molar-refractivity contribution is -0.137. The average molecular weight is 281 g/mol. The summed E-state index contributed by atoms with van der Waals surface area (Å²) in [6.45, 7) is 0. The Balaban J connectivity index is 2.53. The molecular weight excluding hydrogens is 271 g/mol. The topological polar surface area (TPSA) is 39.2 Å². The fourth-order valence-electron chi connectivity index (χ4n) is 1.72. The number of ether oxygens (including phenoxy) is 1. The van der Waals surface area contributed by atoms with Crippen molar-refractivity contribution in [1.82, 2.24) is 4.98 Å². The van der Waals surface area contributed by atoms with Crippen LogP contribution in [0.3, 0.4) is 0 Å². The van der Waals surface area contributed by atoms with Crippen LogP contribution in [0.1, 0.15) is 15.9 Å². The number of rotatable bonds is 3. The van der Waals surface area contributed by atoms with Gasteiger partial charge in [0.2, 0.25) is 0 Å². The molecule has 0 aliphatic rings. The van der Waals surface area contributed by atoms with Crippen LogP contribution in [0.5, 0.6) is 5.75 Å². The van der Waals surface area contributed by atoms with Gasteiger partial charge in [-0.05, 0) is 30.3 Å². The summed E-state index contributed by atoms with van der Waals surface area (Å²) in [4.78, 5) is 14.7. The number of nitrogens with zero attached hydrogens (tertiary/aromatic N) is 1. The molecule has 0 radical (unpaired) electrons. The van der Waals surface area contributed by atoms with Gasteiger partial charge in [0.15, 0.2) is 0 Å². The summed E-state index contributed by atoms with van der Waals surface area (Å²) in [7, 11) is 1.41. The Morgan fingerprint density at radius 2 is 1.95 bits per heavy atom. The second kappa shape index (κ2) is 5.32. The predicted octanol–water partition coefficient (Wildman–Crippen LogP) is 3.59. The molecule has 0 saturated carbocycles. The van der Waals surface area contributed by atoms with Crippen LogP contribution in [0.4, 0.5) is 13.2 Å². The summed E-state index contributed by atoms with van der Waals surface area (Å²) in [6.07, 6.45) is -2.76. The number of methoxy groups -OCH3 is 1. The third kappa shape index (κ3) is 2.96. The number of alkyl halides is 3. The highest BCUT2D eigenvalue weighted by molar-refractivity contribution is 5.79. The Labute approximate surface area is 113 Å². The van der Waals surface area contributed by atoms with Crippen LogP contribution in [0, 0.1) is 0 Å². The van der Waals surface area contributed by atoms with E-state index in [-0.39, 0.29) is 5.69 Å². The number of pyridine rings is 1. The van der Waals surface area contributed by atoms with Gasteiger partial charge in [-0.3, -0.25) is 9.78 Å². The fourth-order valence-corrected chi connectivity index (χ4v) is 1.72. The first-order valence-corrected chi connectivity index (χ1v) is 5.62. The van der Waals surface area contributed by atoms with Crippen molar-refractivity contribution in [3.05, 3.63) is 47.7 Å². The molecule has 3 nitrogen and oxygen atoms in total. The van der Waals surface area contributed by atoms with E-state index in [1.54, 1.807) is 0 Å². The minimum Gasteiger partial charge on any atom is -0.497 e. The molecule has 0 bridgehead atoms. The van der Waals surface area contributed by atoms with Gasteiger partial charge in [-0.15, -0.1) is 0 Å². The average Bonchev–Trinajstić information content (AvgIpc) is 2.46. The number of hydrogen-bond donors (Lipinski definition) is 0. The lowest BCUT2D eigenvalue weighted by Gasteiger charge is -2.09. The zero-order valence-corrected chi connectivity index (χ0v) is 10.4. The van der Waals surface area contributed by atoms with Gasteiger partial charge in [0.1, 0.15) is 12.0 Å². The first-order valence-electron chi connectivity index (χ1n) is 5.62. The molecule has 0 unspecified atom stereocenters. The van der Waals surface area contributed by atoms with E-state index in [1.807, 2.05) is 0 Å². The van der Waals surface area contributed by atoms with Gasteiger partial charge in [-0.25, -0.2) is 0 Å². The Bertz CT molecular complexity index is 639. The Morgan fingerprint density at radius 1 is 1.20 bits per heavy atom. The number of benzene rings is 1. The summed E-state index contributed by atoms with van der Waals surface area (Å²) in [6, 6.07) is 6.30. The van der Waals surface area contributed by atoms with E-state index < -0.39 is 11.7 Å². The highest BCUT2D eigenvalue weighted by Gasteiger charge is 2.30. The molecule has 0 aliphatic heterocycles. The smallest absolute Gasteiger partial charge is 0.416 e. The van der Waals surface area contributed by atoms with E-state index in [1.165, 1.54) is 25.3 Å². The van der Waals surface area contributed by atoms with Crippen LogP contribution in [0.15, 0.2) is 36.5 Å². The number of halogens is 3. The van der Waals surface area contributed by atoms with Crippen LogP contribution in [0.2, 0.25) is 0 Å². The van der Waals surface area contributed by atoms with Crippen molar-refractivity contribution in [2.24, 2.45) is 0 Å². The molecule has 6 heteroatoms. The van der Waals surface area contributed by atoms with Crippen LogP contribution >= 0.6 is 0 Å². The van der Waals surface area contributed by atoms with Gasteiger partial charge in [-0.1, -0.05) is 0 Å². The summed E-state index contributed by atoms with van der Waals surface area (Å²) in [5, 5.41) is 0. The molecule has 20 heavy (non-hydrogen) atoms. The van der Waals surface area contributed by atoms with Crippen molar-refractivity contribution in [3.8, 4) is 17.0 Å². The van der Waals surface area contributed by atoms with Gasteiger partial charge >= 0.3 is 6.18 Å². The largest absolute Gasteiger partial charge is 0.497 e. The second-order valence-corrected chi connectivity index (χ2v) is 4.04. The number of aldehydes is 1. The molecule has 104 valence electrons. The van der Waals surface area contributed by atoms with Crippen molar-refractivity contribution in [3.63, 3.8) is 0 Å². The second-order valence-electron chi connectivity index (χ2n) is 4.04. The van der Waals surface area contributed by atoms with Crippen LogP contribution in [0.25, 0.3) is 11.3 Å². The SMILES string of the molecule is COc1cc(C=O)cc(-c2cc(C(F)(F)F)ccn2)c1. The van der Waals surface area contributed by atoms with Gasteiger partial charge in [-0.2, -0.15) is 13.2 Å². The Kier molecular flexibility index (Phi) is 3.74. The van der Waals surface area contributed by atoms with Crippen LogP contribution < -0.4 is 4.74 Å². The third-order valence-electron chi connectivity index (χ3n) is 2.68. The minimum atomic E-state index is -4.44. The highest BCUT2D eigenvalue weighted by atomic mass is 19.4. The van der Waals surface area contributed by atoms with Crippen molar-refractivity contribution in [2.75, 3.05) is 7.11 Å². The standard InChI is InChI=1S/C14H10F3NO2/c1-20-12-5-9(8-19)4-10(6-12)13-7-11(2-3-18-13)14(15,16)17/h2-8H,1H3. The zero-order chi connectivity index (χ0) is 14.8. The first-order chi connectivity index (χ1) is 9.44. The highest BCUT2D eigenvalue weighted by Crippen LogP contribution is 2.32. The third-order valence-corrected chi connectivity index (χ3v) is 2.68. The van der Waals surface area contributed by atoms with Crippen molar-refractivity contribution in [1.29, 1.82) is 0 Å². The van der Waals surface area contributed by atoms with Crippen molar-refractivity contribution in [2.45, 2.75) is 6.18 Å². The molecule has 2 rings (SSSR count). The summed E-state index contributed by atoms with van der Waals surface area (Å²) < 4.78 is 43.0.